The van der Waals surface area contributed by atoms with E-state index in [2.05, 4.69) is 46.2 Å². The maximum absolute atomic E-state index is 12.9. The van der Waals surface area contributed by atoms with Gasteiger partial charge in [-0.25, -0.2) is 0 Å². The fraction of sp³-hybridized carbons (Fsp3) is 0.424. The molecule has 0 aliphatic heterocycles. The predicted octanol–water partition coefficient (Wildman–Crippen LogP) is 5.16. The molecule has 0 saturated carbocycles. The fourth-order valence-electron chi connectivity index (χ4n) is 4.25. The third-order valence-corrected chi connectivity index (χ3v) is 6.70. The molecule has 2 aromatic rings. The van der Waals surface area contributed by atoms with Crippen LogP contribution in [0.25, 0.3) is 16.4 Å². The van der Waals surface area contributed by atoms with Crippen LogP contribution in [0, 0.1) is 12.5 Å². The van der Waals surface area contributed by atoms with Crippen LogP contribution >= 0.6 is 11.8 Å². The SMILES string of the molecule is C#CO.C/C=C\S/C=C/CNCCC.CCCC1(C(=O)NCC(F)(F)F)c2ccccc2-c2ccccc21.CC[N-]C.[K+]. The van der Waals surface area contributed by atoms with Crippen molar-refractivity contribution in [1.29, 1.82) is 0 Å². The van der Waals surface area contributed by atoms with Crippen molar-refractivity contribution in [3.63, 3.8) is 0 Å². The first-order valence-electron chi connectivity index (χ1n) is 14.0. The number of aliphatic hydroxyl groups is 1. The zero-order valence-corrected chi connectivity index (χ0v) is 30.2. The van der Waals surface area contributed by atoms with Gasteiger partial charge in [0.1, 0.15) is 18.1 Å². The first kappa shape index (κ1) is 43.6. The number of terminal acetylenes is 1. The molecule has 2 aromatic carbocycles. The minimum Gasteiger partial charge on any atom is -0.665 e. The second kappa shape index (κ2) is 25.7. The van der Waals surface area contributed by atoms with Gasteiger partial charge < -0.3 is 21.1 Å². The largest absolute Gasteiger partial charge is 1.00 e. The van der Waals surface area contributed by atoms with Gasteiger partial charge >= 0.3 is 57.6 Å². The Morgan fingerprint density at radius 1 is 1.05 bits per heavy atom. The Labute approximate surface area is 303 Å². The molecule has 10 heteroatoms. The van der Waals surface area contributed by atoms with Crippen molar-refractivity contribution in [3.05, 3.63) is 87.9 Å². The van der Waals surface area contributed by atoms with E-state index in [1.54, 1.807) is 18.8 Å². The molecule has 0 bridgehead atoms. The van der Waals surface area contributed by atoms with Crippen molar-refractivity contribution < 1.29 is 74.5 Å². The summed E-state index contributed by atoms with van der Waals surface area (Å²) in [6.07, 6.45) is 7.50. The maximum Gasteiger partial charge on any atom is 1.00 e. The van der Waals surface area contributed by atoms with Crippen LogP contribution in [0.3, 0.4) is 0 Å². The number of carbonyl (C=O) groups excluding carboxylic acids is 1. The van der Waals surface area contributed by atoms with E-state index in [0.717, 1.165) is 41.9 Å². The van der Waals surface area contributed by atoms with E-state index >= 15 is 0 Å². The zero-order chi connectivity index (χ0) is 31.9. The van der Waals surface area contributed by atoms with Gasteiger partial charge in [-0.15, -0.1) is 11.8 Å². The number of aliphatic hydroxyl groups excluding tert-OH is 1. The summed E-state index contributed by atoms with van der Waals surface area (Å²) in [5.41, 5.74) is 2.35. The summed E-state index contributed by atoms with van der Waals surface area (Å²) in [7, 11) is 1.81. The number of alkyl halides is 3. The molecule has 0 radical (unpaired) electrons. The average Bonchev–Trinajstić information content (AvgIpc) is 3.27. The summed E-state index contributed by atoms with van der Waals surface area (Å²) in [6.45, 7) is 9.86. The van der Waals surface area contributed by atoms with Crippen molar-refractivity contribution in [1.82, 2.24) is 10.6 Å². The first-order valence-corrected chi connectivity index (χ1v) is 14.9. The summed E-state index contributed by atoms with van der Waals surface area (Å²) in [5.74, 6) is -0.584. The van der Waals surface area contributed by atoms with Crippen LogP contribution in [0.4, 0.5) is 13.2 Å². The predicted molar refractivity (Wildman–Crippen MR) is 172 cm³/mol. The van der Waals surface area contributed by atoms with Crippen LogP contribution in [-0.4, -0.2) is 50.4 Å². The van der Waals surface area contributed by atoms with Crippen molar-refractivity contribution in [2.75, 3.05) is 33.2 Å². The molecule has 1 aliphatic rings. The van der Waals surface area contributed by atoms with Gasteiger partial charge in [-0.1, -0.05) is 94.3 Å². The molecule has 3 N–H and O–H groups in total. The quantitative estimate of drug-likeness (QED) is 0.180. The Bertz CT molecular complexity index is 1090. The molecule has 3 rings (SSSR count). The van der Waals surface area contributed by atoms with Gasteiger partial charge in [-0.05, 0) is 59.4 Å². The third-order valence-electron chi connectivity index (χ3n) is 5.92. The monoisotopic (exact) mass is 643 g/mol. The van der Waals surface area contributed by atoms with E-state index in [-0.39, 0.29) is 51.4 Å². The number of fused-ring (bicyclic) bond motifs is 3. The summed E-state index contributed by atoms with van der Waals surface area (Å²) in [4.78, 5) is 12.9. The van der Waals surface area contributed by atoms with Gasteiger partial charge in [0.15, 0.2) is 0 Å². The molecular weight excluding hydrogens is 599 g/mol. The van der Waals surface area contributed by atoms with Gasteiger partial charge in [0, 0.05) is 6.54 Å². The summed E-state index contributed by atoms with van der Waals surface area (Å²) >= 11 is 1.71. The molecule has 1 aliphatic carbocycles. The Hall–Kier alpha value is -1.55. The Morgan fingerprint density at radius 3 is 1.98 bits per heavy atom. The zero-order valence-electron chi connectivity index (χ0n) is 26.3. The normalized spacial score (nSPS) is 12.2. The van der Waals surface area contributed by atoms with Gasteiger partial charge in [0.05, 0.1) is 0 Å². The van der Waals surface area contributed by atoms with Crippen LogP contribution in [-0.2, 0) is 10.2 Å². The second-order valence-corrected chi connectivity index (χ2v) is 9.80. The second-order valence-electron chi connectivity index (χ2n) is 8.99. The van der Waals surface area contributed by atoms with Crippen LogP contribution < -0.4 is 62.0 Å². The Balaban J connectivity index is 0. The number of allylic oxidation sites excluding steroid dienone is 1. The number of amides is 1. The smallest absolute Gasteiger partial charge is 0.665 e. The minimum absolute atomic E-state index is 0. The number of benzene rings is 2. The number of rotatable bonds is 11. The van der Waals surface area contributed by atoms with Crippen molar-refractivity contribution in [3.8, 4) is 23.7 Å². The molecule has 1 amide bonds. The first-order chi connectivity index (χ1) is 20.1. The number of thioether (sulfide) groups is 1. The van der Waals surface area contributed by atoms with E-state index in [9.17, 15) is 18.0 Å². The van der Waals surface area contributed by atoms with Crippen LogP contribution in [0.2, 0.25) is 0 Å². The number of nitrogens with zero attached hydrogens (tertiary/aromatic N) is 1. The molecular formula is C33H45F3KN3O2S. The number of hydrogen-bond acceptors (Lipinski definition) is 4. The molecule has 43 heavy (non-hydrogen) atoms. The maximum atomic E-state index is 12.9. The summed E-state index contributed by atoms with van der Waals surface area (Å²) in [6, 6.07) is 14.9. The molecule has 0 saturated heterocycles. The average molecular weight is 644 g/mol. The van der Waals surface area contributed by atoms with Crippen LogP contribution in [0.1, 0.15) is 58.1 Å². The van der Waals surface area contributed by atoms with E-state index < -0.39 is 24.0 Å². The fourth-order valence-corrected chi connectivity index (χ4v) is 4.70. The van der Waals surface area contributed by atoms with E-state index in [1.165, 1.54) is 12.5 Å². The number of carbonyl (C=O) groups is 1. The standard InChI is InChI=1S/C19H18F3NO.C9H17NS.C3H8N.C2H2O.K/c1-2-11-18(17(24)23-12-19(20,21)22)15-9-5-3-7-13(15)14-8-4-6-10-16(14)18;1-3-6-10-7-5-9-11-8-4-2;1-3-4-2;1-2-3;/h3-10H,2,11-12H2,1H3,(H,23,24);4-5,8-10H,3,6-7H2,1-2H3;3H2,1-2H3;1,3H;/q;;-1;;+1/b;8-4-,9-5+;;;. The van der Waals surface area contributed by atoms with Crippen molar-refractivity contribution >= 4 is 17.7 Å². The molecule has 232 valence electrons. The van der Waals surface area contributed by atoms with Crippen molar-refractivity contribution in [2.45, 2.75) is 58.5 Å². The molecule has 0 heterocycles. The van der Waals surface area contributed by atoms with E-state index in [4.69, 9.17) is 5.11 Å². The van der Waals surface area contributed by atoms with Gasteiger partial charge in [0.2, 0.25) is 5.91 Å². The molecule has 0 fully saturated rings. The third kappa shape index (κ3) is 15.8. The molecule has 0 spiro atoms. The Morgan fingerprint density at radius 2 is 1.56 bits per heavy atom. The van der Waals surface area contributed by atoms with Crippen LogP contribution in [0.15, 0.2) is 71.5 Å². The minimum atomic E-state index is -4.43. The number of hydrogen-bond donors (Lipinski definition) is 3. The topological polar surface area (TPSA) is 75.5 Å². The van der Waals surface area contributed by atoms with Gasteiger partial charge in [0.25, 0.3) is 0 Å². The molecule has 5 nitrogen and oxygen atoms in total. The van der Waals surface area contributed by atoms with E-state index in [0.29, 0.717) is 12.8 Å². The number of nitrogens with one attached hydrogen (secondary N) is 2. The molecule has 0 atom stereocenters. The summed E-state index contributed by atoms with van der Waals surface area (Å²) in [5, 5.41) is 20.4. The van der Waals surface area contributed by atoms with E-state index in [1.807, 2.05) is 75.4 Å². The van der Waals surface area contributed by atoms with Gasteiger partial charge in [-0.3, -0.25) is 4.79 Å². The molecule has 0 aromatic heterocycles. The molecule has 0 unspecified atom stereocenters. The van der Waals surface area contributed by atoms with Crippen molar-refractivity contribution in [2.24, 2.45) is 0 Å². The van der Waals surface area contributed by atoms with Crippen LogP contribution in [0.5, 0.6) is 0 Å². The number of halogens is 3. The Kier molecular flexibility index (Phi) is 26.1. The van der Waals surface area contributed by atoms with Gasteiger partial charge in [-0.2, -0.15) is 26.8 Å². The summed E-state index contributed by atoms with van der Waals surface area (Å²) < 4.78 is 37.8.